The van der Waals surface area contributed by atoms with Gasteiger partial charge >= 0.3 is 6.18 Å². The van der Waals surface area contributed by atoms with E-state index in [1.54, 1.807) is 4.90 Å². The number of halogens is 3. The Morgan fingerprint density at radius 1 is 1.19 bits per heavy atom. The maximum absolute atomic E-state index is 12.4. The van der Waals surface area contributed by atoms with Crippen molar-refractivity contribution in [2.24, 2.45) is 5.92 Å². The zero-order valence-corrected chi connectivity index (χ0v) is 15.1. The first kappa shape index (κ1) is 19.7. The van der Waals surface area contributed by atoms with Gasteiger partial charge in [0.2, 0.25) is 11.8 Å². The normalized spacial score (nSPS) is 19.5. The SMILES string of the molecule is O=C(NCc1cccc(N2CCCC2=O)c1)C1CCN(CC(F)(F)F)CC1. The van der Waals surface area contributed by atoms with E-state index >= 15 is 0 Å². The predicted molar refractivity (Wildman–Crippen MR) is 95.1 cm³/mol. The van der Waals surface area contributed by atoms with E-state index in [0.717, 1.165) is 17.7 Å². The summed E-state index contributed by atoms with van der Waals surface area (Å²) in [5.41, 5.74) is 1.74. The van der Waals surface area contributed by atoms with Crippen LogP contribution in [0.5, 0.6) is 0 Å². The standard InChI is InChI=1S/C19H24F3N3O2/c20-19(21,22)13-24-9-6-15(7-10-24)18(27)23-12-14-3-1-4-16(11-14)25-8-2-5-17(25)26/h1,3-4,11,15H,2,5-10,12-13H2,(H,23,27). The fraction of sp³-hybridized carbons (Fsp3) is 0.579. The number of piperidine rings is 1. The molecule has 27 heavy (non-hydrogen) atoms. The molecule has 1 aromatic carbocycles. The van der Waals surface area contributed by atoms with Crippen molar-refractivity contribution >= 4 is 17.5 Å². The van der Waals surface area contributed by atoms with Gasteiger partial charge in [0.1, 0.15) is 0 Å². The van der Waals surface area contributed by atoms with Crippen molar-refractivity contribution in [2.75, 3.05) is 31.1 Å². The van der Waals surface area contributed by atoms with Gasteiger partial charge in [0, 0.05) is 31.1 Å². The molecule has 0 aliphatic carbocycles. The molecule has 0 radical (unpaired) electrons. The maximum Gasteiger partial charge on any atom is 0.401 e. The average molecular weight is 383 g/mol. The quantitative estimate of drug-likeness (QED) is 0.851. The van der Waals surface area contributed by atoms with E-state index in [4.69, 9.17) is 0 Å². The molecule has 148 valence electrons. The van der Waals surface area contributed by atoms with Crippen molar-refractivity contribution in [3.05, 3.63) is 29.8 Å². The van der Waals surface area contributed by atoms with E-state index in [-0.39, 0.29) is 30.8 Å². The molecule has 0 atom stereocenters. The molecule has 0 aromatic heterocycles. The van der Waals surface area contributed by atoms with Gasteiger partial charge < -0.3 is 10.2 Å². The third kappa shape index (κ3) is 5.45. The maximum atomic E-state index is 12.4. The summed E-state index contributed by atoms with van der Waals surface area (Å²) in [5.74, 6) is -0.260. The minimum Gasteiger partial charge on any atom is -0.352 e. The van der Waals surface area contributed by atoms with E-state index in [1.165, 1.54) is 4.90 Å². The molecule has 1 N–H and O–H groups in total. The van der Waals surface area contributed by atoms with Gasteiger partial charge in [-0.1, -0.05) is 12.1 Å². The number of rotatable bonds is 5. The minimum absolute atomic E-state index is 0.113. The number of alkyl halides is 3. The van der Waals surface area contributed by atoms with Crippen molar-refractivity contribution in [1.29, 1.82) is 0 Å². The van der Waals surface area contributed by atoms with Crippen LogP contribution in [0.25, 0.3) is 0 Å². The summed E-state index contributed by atoms with van der Waals surface area (Å²) < 4.78 is 37.3. The predicted octanol–water partition coefficient (Wildman–Crippen LogP) is 2.70. The molecule has 2 aliphatic rings. The summed E-state index contributed by atoms with van der Waals surface area (Å²) in [7, 11) is 0. The molecule has 2 fully saturated rings. The molecule has 2 amide bonds. The van der Waals surface area contributed by atoms with E-state index in [2.05, 4.69) is 5.32 Å². The lowest BCUT2D eigenvalue weighted by Crippen LogP contribution is -2.43. The second-order valence-corrected chi connectivity index (χ2v) is 7.20. The van der Waals surface area contributed by atoms with Gasteiger partial charge in [-0.05, 0) is 50.0 Å². The average Bonchev–Trinajstić information content (AvgIpc) is 3.05. The van der Waals surface area contributed by atoms with Crippen LogP contribution in [0, 0.1) is 5.92 Å². The Morgan fingerprint density at radius 3 is 2.56 bits per heavy atom. The number of likely N-dealkylation sites (tertiary alicyclic amines) is 1. The highest BCUT2D eigenvalue weighted by molar-refractivity contribution is 5.95. The van der Waals surface area contributed by atoms with Gasteiger partial charge in [-0.15, -0.1) is 0 Å². The highest BCUT2D eigenvalue weighted by atomic mass is 19.4. The third-order valence-electron chi connectivity index (χ3n) is 5.12. The zero-order valence-electron chi connectivity index (χ0n) is 15.1. The number of nitrogens with one attached hydrogen (secondary N) is 1. The molecule has 0 bridgehead atoms. The Balaban J connectivity index is 1.48. The monoisotopic (exact) mass is 383 g/mol. The summed E-state index contributed by atoms with van der Waals surface area (Å²) in [4.78, 5) is 27.3. The summed E-state index contributed by atoms with van der Waals surface area (Å²) in [5, 5.41) is 2.88. The van der Waals surface area contributed by atoms with Crippen molar-refractivity contribution in [3.8, 4) is 0 Å². The van der Waals surface area contributed by atoms with Gasteiger partial charge in [-0.25, -0.2) is 0 Å². The Hall–Kier alpha value is -2.09. The summed E-state index contributed by atoms with van der Waals surface area (Å²) in [6.45, 7) is 0.709. The molecule has 2 aliphatic heterocycles. The molecule has 0 saturated carbocycles. The largest absolute Gasteiger partial charge is 0.401 e. The number of carbonyl (C=O) groups excluding carboxylic acids is 2. The van der Waals surface area contributed by atoms with Crippen LogP contribution < -0.4 is 10.2 Å². The number of benzene rings is 1. The van der Waals surface area contributed by atoms with Crippen molar-refractivity contribution in [2.45, 2.75) is 38.4 Å². The van der Waals surface area contributed by atoms with E-state index < -0.39 is 12.7 Å². The molecule has 1 aromatic rings. The van der Waals surface area contributed by atoms with Crippen LogP contribution >= 0.6 is 0 Å². The Bertz CT molecular complexity index is 685. The zero-order chi connectivity index (χ0) is 19.4. The lowest BCUT2D eigenvalue weighted by Gasteiger charge is -2.31. The third-order valence-corrected chi connectivity index (χ3v) is 5.12. The van der Waals surface area contributed by atoms with Crippen molar-refractivity contribution < 1.29 is 22.8 Å². The van der Waals surface area contributed by atoms with Gasteiger partial charge in [0.25, 0.3) is 0 Å². The number of anilines is 1. The lowest BCUT2D eigenvalue weighted by atomic mass is 9.96. The van der Waals surface area contributed by atoms with E-state index in [9.17, 15) is 22.8 Å². The first-order chi connectivity index (χ1) is 12.8. The molecule has 3 rings (SSSR count). The Morgan fingerprint density at radius 2 is 1.93 bits per heavy atom. The van der Waals surface area contributed by atoms with Crippen LogP contribution in [0.15, 0.2) is 24.3 Å². The fourth-order valence-electron chi connectivity index (χ4n) is 3.70. The molecular weight excluding hydrogens is 359 g/mol. The van der Waals surface area contributed by atoms with Crippen molar-refractivity contribution in [3.63, 3.8) is 0 Å². The summed E-state index contributed by atoms with van der Waals surface area (Å²) in [6.07, 6.45) is -1.91. The first-order valence-corrected chi connectivity index (χ1v) is 9.28. The van der Waals surface area contributed by atoms with Gasteiger partial charge in [-0.2, -0.15) is 13.2 Å². The van der Waals surface area contributed by atoms with Crippen LogP contribution in [0.4, 0.5) is 18.9 Å². The second kappa shape index (κ2) is 8.29. The minimum atomic E-state index is -4.20. The number of nitrogens with zero attached hydrogens (tertiary/aromatic N) is 2. The Labute approximate surface area is 156 Å². The van der Waals surface area contributed by atoms with Crippen LogP contribution in [-0.4, -0.2) is 49.1 Å². The summed E-state index contributed by atoms with van der Waals surface area (Å²) >= 11 is 0. The van der Waals surface area contributed by atoms with Crippen LogP contribution in [0.3, 0.4) is 0 Å². The second-order valence-electron chi connectivity index (χ2n) is 7.20. The summed E-state index contributed by atoms with van der Waals surface area (Å²) in [6, 6.07) is 7.52. The number of hydrogen-bond donors (Lipinski definition) is 1. The van der Waals surface area contributed by atoms with Gasteiger partial charge in [0.15, 0.2) is 0 Å². The molecule has 2 saturated heterocycles. The van der Waals surface area contributed by atoms with Gasteiger partial charge in [0.05, 0.1) is 6.54 Å². The molecule has 0 unspecified atom stereocenters. The van der Waals surface area contributed by atoms with Crippen LogP contribution in [0.1, 0.15) is 31.2 Å². The van der Waals surface area contributed by atoms with Crippen LogP contribution in [-0.2, 0) is 16.1 Å². The molecule has 5 nitrogen and oxygen atoms in total. The van der Waals surface area contributed by atoms with Crippen LogP contribution in [0.2, 0.25) is 0 Å². The molecule has 0 spiro atoms. The fourth-order valence-corrected chi connectivity index (χ4v) is 3.70. The van der Waals surface area contributed by atoms with E-state index in [1.807, 2.05) is 24.3 Å². The smallest absolute Gasteiger partial charge is 0.352 e. The first-order valence-electron chi connectivity index (χ1n) is 9.28. The lowest BCUT2D eigenvalue weighted by molar-refractivity contribution is -0.149. The number of hydrogen-bond acceptors (Lipinski definition) is 3. The highest BCUT2D eigenvalue weighted by Crippen LogP contribution is 2.24. The van der Waals surface area contributed by atoms with Gasteiger partial charge in [-0.3, -0.25) is 14.5 Å². The number of carbonyl (C=O) groups is 2. The topological polar surface area (TPSA) is 52.7 Å². The molecule has 2 heterocycles. The Kier molecular flexibility index (Phi) is 6.04. The highest BCUT2D eigenvalue weighted by Gasteiger charge is 2.33. The van der Waals surface area contributed by atoms with E-state index in [0.29, 0.717) is 32.4 Å². The number of amides is 2. The van der Waals surface area contributed by atoms with Crippen molar-refractivity contribution in [1.82, 2.24) is 10.2 Å². The molecule has 8 heteroatoms. The molecular formula is C19H24F3N3O2.